The van der Waals surface area contributed by atoms with Crippen LogP contribution in [0.5, 0.6) is 0 Å². The Morgan fingerprint density at radius 2 is 1.94 bits per heavy atom. The third-order valence-corrected chi connectivity index (χ3v) is 3.17. The normalized spacial score (nSPS) is 14.4. The van der Waals surface area contributed by atoms with Crippen molar-refractivity contribution in [2.24, 2.45) is 0 Å². The summed E-state index contributed by atoms with van der Waals surface area (Å²) in [5.74, 6) is 0.0402. The zero-order valence-electron chi connectivity index (χ0n) is 10.2. The molecular formula is C15H16N2O. The van der Waals surface area contributed by atoms with Gasteiger partial charge >= 0.3 is 0 Å². The molecule has 3 nitrogen and oxygen atoms in total. The van der Waals surface area contributed by atoms with E-state index in [-0.39, 0.29) is 5.91 Å². The monoisotopic (exact) mass is 240 g/mol. The Bertz CT molecular complexity index is 541. The quantitative estimate of drug-likeness (QED) is 0.875. The molecule has 0 bridgehead atoms. The Balaban J connectivity index is 1.76. The standard InChI is InChI=1S/C15H16N2O/c18-15(16-13-8-9-13)14-7-4-10-17(14)11-12-5-2-1-3-6-12/h1-7,10,13H,8-9,11H2,(H,16,18). The van der Waals surface area contributed by atoms with E-state index in [1.165, 1.54) is 5.56 Å². The Kier molecular flexibility index (Phi) is 2.89. The number of aromatic nitrogens is 1. The van der Waals surface area contributed by atoms with Gasteiger partial charge in [0.2, 0.25) is 0 Å². The van der Waals surface area contributed by atoms with Gasteiger partial charge in [0, 0.05) is 18.8 Å². The molecule has 0 radical (unpaired) electrons. The molecule has 3 rings (SSSR count). The molecule has 1 saturated carbocycles. The van der Waals surface area contributed by atoms with E-state index in [4.69, 9.17) is 0 Å². The first kappa shape index (κ1) is 11.1. The van der Waals surface area contributed by atoms with Gasteiger partial charge in [0.25, 0.3) is 5.91 Å². The fourth-order valence-corrected chi connectivity index (χ4v) is 2.03. The van der Waals surface area contributed by atoms with Crippen LogP contribution in [0.2, 0.25) is 0 Å². The van der Waals surface area contributed by atoms with Crippen LogP contribution >= 0.6 is 0 Å². The molecule has 1 amide bonds. The van der Waals surface area contributed by atoms with Crippen molar-refractivity contribution in [2.45, 2.75) is 25.4 Å². The Morgan fingerprint density at radius 3 is 2.67 bits per heavy atom. The molecule has 0 unspecified atom stereocenters. The highest BCUT2D eigenvalue weighted by atomic mass is 16.2. The second-order valence-electron chi connectivity index (χ2n) is 4.75. The molecule has 92 valence electrons. The Morgan fingerprint density at radius 1 is 1.17 bits per heavy atom. The average Bonchev–Trinajstić information content (AvgIpc) is 3.07. The lowest BCUT2D eigenvalue weighted by molar-refractivity contribution is 0.0942. The van der Waals surface area contributed by atoms with E-state index in [0.29, 0.717) is 6.04 Å². The molecule has 1 heterocycles. The summed E-state index contributed by atoms with van der Waals surface area (Å²) in [5, 5.41) is 3.02. The Labute approximate surface area is 106 Å². The maximum Gasteiger partial charge on any atom is 0.268 e. The fourth-order valence-electron chi connectivity index (χ4n) is 2.03. The predicted molar refractivity (Wildman–Crippen MR) is 70.5 cm³/mol. The zero-order valence-corrected chi connectivity index (χ0v) is 10.2. The molecular weight excluding hydrogens is 224 g/mol. The maximum absolute atomic E-state index is 12.0. The highest BCUT2D eigenvalue weighted by Gasteiger charge is 2.24. The van der Waals surface area contributed by atoms with E-state index in [9.17, 15) is 4.79 Å². The molecule has 0 spiro atoms. The van der Waals surface area contributed by atoms with Gasteiger partial charge in [0.15, 0.2) is 0 Å². The molecule has 0 saturated heterocycles. The van der Waals surface area contributed by atoms with Gasteiger partial charge in [-0.15, -0.1) is 0 Å². The molecule has 1 fully saturated rings. The molecule has 1 aliphatic rings. The van der Waals surface area contributed by atoms with Gasteiger partial charge in [-0.25, -0.2) is 0 Å². The number of nitrogens with one attached hydrogen (secondary N) is 1. The largest absolute Gasteiger partial charge is 0.348 e. The van der Waals surface area contributed by atoms with E-state index in [1.54, 1.807) is 0 Å². The van der Waals surface area contributed by atoms with Gasteiger partial charge in [-0.3, -0.25) is 4.79 Å². The summed E-state index contributed by atoms with van der Waals surface area (Å²) < 4.78 is 1.99. The fraction of sp³-hybridized carbons (Fsp3) is 0.267. The van der Waals surface area contributed by atoms with Crippen molar-refractivity contribution in [1.82, 2.24) is 9.88 Å². The number of nitrogens with zero attached hydrogens (tertiary/aromatic N) is 1. The van der Waals surface area contributed by atoms with Gasteiger partial charge in [0.1, 0.15) is 5.69 Å². The van der Waals surface area contributed by atoms with Crippen molar-refractivity contribution >= 4 is 5.91 Å². The van der Waals surface area contributed by atoms with Crippen molar-refractivity contribution in [3.05, 3.63) is 59.9 Å². The highest BCUT2D eigenvalue weighted by molar-refractivity contribution is 5.93. The smallest absolute Gasteiger partial charge is 0.268 e. The molecule has 1 aliphatic carbocycles. The van der Waals surface area contributed by atoms with Crippen molar-refractivity contribution in [3.8, 4) is 0 Å². The topological polar surface area (TPSA) is 34.0 Å². The number of carbonyl (C=O) groups excluding carboxylic acids is 1. The van der Waals surface area contributed by atoms with E-state index >= 15 is 0 Å². The zero-order chi connectivity index (χ0) is 12.4. The third kappa shape index (κ3) is 2.45. The number of rotatable bonds is 4. The second-order valence-corrected chi connectivity index (χ2v) is 4.75. The minimum Gasteiger partial charge on any atom is -0.348 e. The van der Waals surface area contributed by atoms with Crippen LogP contribution in [0.4, 0.5) is 0 Å². The predicted octanol–water partition coefficient (Wildman–Crippen LogP) is 2.43. The molecule has 18 heavy (non-hydrogen) atoms. The first-order valence-electron chi connectivity index (χ1n) is 6.33. The van der Waals surface area contributed by atoms with Crippen molar-refractivity contribution in [2.75, 3.05) is 0 Å². The van der Waals surface area contributed by atoms with Crippen LogP contribution < -0.4 is 5.32 Å². The number of hydrogen-bond donors (Lipinski definition) is 1. The number of amides is 1. The summed E-state index contributed by atoms with van der Waals surface area (Å²) in [4.78, 5) is 12.0. The van der Waals surface area contributed by atoms with Gasteiger partial charge in [-0.1, -0.05) is 30.3 Å². The summed E-state index contributed by atoms with van der Waals surface area (Å²) in [6, 6.07) is 14.4. The first-order chi connectivity index (χ1) is 8.83. The summed E-state index contributed by atoms with van der Waals surface area (Å²) >= 11 is 0. The van der Waals surface area contributed by atoms with Crippen LogP contribution in [0.25, 0.3) is 0 Å². The Hall–Kier alpha value is -2.03. The highest BCUT2D eigenvalue weighted by Crippen LogP contribution is 2.19. The molecule has 1 aromatic heterocycles. The summed E-state index contributed by atoms with van der Waals surface area (Å²) in [7, 11) is 0. The molecule has 0 atom stereocenters. The van der Waals surface area contributed by atoms with Crippen LogP contribution in [-0.4, -0.2) is 16.5 Å². The molecule has 1 N–H and O–H groups in total. The van der Waals surface area contributed by atoms with Crippen LogP contribution in [0.15, 0.2) is 48.7 Å². The summed E-state index contributed by atoms with van der Waals surface area (Å²) in [5.41, 5.74) is 1.94. The van der Waals surface area contributed by atoms with E-state index in [0.717, 1.165) is 25.1 Å². The van der Waals surface area contributed by atoms with Gasteiger partial charge in [0.05, 0.1) is 0 Å². The van der Waals surface area contributed by atoms with Gasteiger partial charge in [-0.05, 0) is 30.5 Å². The lowest BCUT2D eigenvalue weighted by Crippen LogP contribution is -2.27. The minimum absolute atomic E-state index is 0.0402. The van der Waals surface area contributed by atoms with E-state index < -0.39 is 0 Å². The molecule has 2 aromatic rings. The first-order valence-corrected chi connectivity index (χ1v) is 6.33. The third-order valence-electron chi connectivity index (χ3n) is 3.17. The average molecular weight is 240 g/mol. The molecule has 3 heteroatoms. The van der Waals surface area contributed by atoms with Crippen LogP contribution in [0.3, 0.4) is 0 Å². The lowest BCUT2D eigenvalue weighted by atomic mass is 10.2. The number of carbonyl (C=O) groups is 1. The maximum atomic E-state index is 12.0. The molecule has 0 aliphatic heterocycles. The van der Waals surface area contributed by atoms with Gasteiger partial charge < -0.3 is 9.88 Å². The second kappa shape index (κ2) is 4.69. The summed E-state index contributed by atoms with van der Waals surface area (Å²) in [6.07, 6.45) is 4.19. The SMILES string of the molecule is O=C(NC1CC1)c1cccn1Cc1ccccc1. The summed E-state index contributed by atoms with van der Waals surface area (Å²) in [6.45, 7) is 0.737. The number of hydrogen-bond acceptors (Lipinski definition) is 1. The van der Waals surface area contributed by atoms with Crippen molar-refractivity contribution < 1.29 is 4.79 Å². The van der Waals surface area contributed by atoms with E-state index in [2.05, 4.69) is 17.4 Å². The van der Waals surface area contributed by atoms with Crippen molar-refractivity contribution in [3.63, 3.8) is 0 Å². The van der Waals surface area contributed by atoms with E-state index in [1.807, 2.05) is 41.1 Å². The van der Waals surface area contributed by atoms with Crippen LogP contribution in [0, 0.1) is 0 Å². The van der Waals surface area contributed by atoms with Crippen LogP contribution in [-0.2, 0) is 6.54 Å². The molecule has 1 aromatic carbocycles. The van der Waals surface area contributed by atoms with Crippen LogP contribution in [0.1, 0.15) is 28.9 Å². The van der Waals surface area contributed by atoms with Gasteiger partial charge in [-0.2, -0.15) is 0 Å². The van der Waals surface area contributed by atoms with Crippen molar-refractivity contribution in [1.29, 1.82) is 0 Å². The lowest BCUT2D eigenvalue weighted by Gasteiger charge is -2.09. The number of benzene rings is 1. The minimum atomic E-state index is 0.0402.